The van der Waals surface area contributed by atoms with Crippen molar-refractivity contribution < 1.29 is 9.53 Å². The highest BCUT2D eigenvalue weighted by Crippen LogP contribution is 2.14. The van der Waals surface area contributed by atoms with Crippen LogP contribution in [0.2, 0.25) is 0 Å². The number of alkyl halides is 1. The smallest absolute Gasteiger partial charge is 0.222 e. The fourth-order valence-corrected chi connectivity index (χ4v) is 1.85. The van der Waals surface area contributed by atoms with E-state index in [1.165, 1.54) is 0 Å². The van der Waals surface area contributed by atoms with Gasteiger partial charge in [-0.2, -0.15) is 0 Å². The van der Waals surface area contributed by atoms with Gasteiger partial charge in [0.2, 0.25) is 5.91 Å². The third-order valence-electron chi connectivity index (χ3n) is 2.30. The number of carbonyl (C=O) groups excluding carboxylic acids is 1. The molecule has 1 rings (SSSR count). The number of nitrogens with zero attached hydrogens (tertiary/aromatic N) is 1. The van der Waals surface area contributed by atoms with E-state index in [1.54, 1.807) is 0 Å². The molecule has 1 fully saturated rings. The van der Waals surface area contributed by atoms with Crippen molar-refractivity contribution in [2.24, 2.45) is 0 Å². The van der Waals surface area contributed by atoms with Crippen LogP contribution in [-0.2, 0) is 9.53 Å². The van der Waals surface area contributed by atoms with Crippen LogP contribution >= 0.6 is 15.9 Å². The van der Waals surface area contributed by atoms with Gasteiger partial charge in [0.25, 0.3) is 0 Å². The Labute approximate surface area is 87.6 Å². The van der Waals surface area contributed by atoms with Gasteiger partial charge < -0.3 is 9.64 Å². The van der Waals surface area contributed by atoms with Gasteiger partial charge in [0, 0.05) is 18.3 Å². The van der Waals surface area contributed by atoms with Crippen molar-refractivity contribution in [3.63, 3.8) is 0 Å². The van der Waals surface area contributed by atoms with Gasteiger partial charge in [-0.25, -0.2) is 0 Å². The van der Waals surface area contributed by atoms with Crippen LogP contribution in [0.25, 0.3) is 0 Å². The summed E-state index contributed by atoms with van der Waals surface area (Å²) in [6.45, 7) is 5.30. The Kier molecular flexibility index (Phi) is 4.19. The second-order valence-electron chi connectivity index (χ2n) is 3.36. The molecule has 3 nitrogen and oxygen atoms in total. The minimum Gasteiger partial charge on any atom is -0.373 e. The monoisotopic (exact) mass is 249 g/mol. The Morgan fingerprint density at radius 3 is 2.92 bits per heavy atom. The third-order valence-corrected chi connectivity index (χ3v) is 3.02. The number of morpholine rings is 1. The summed E-state index contributed by atoms with van der Waals surface area (Å²) < 4.78 is 5.52. The van der Waals surface area contributed by atoms with Gasteiger partial charge in [-0.1, -0.05) is 22.9 Å². The summed E-state index contributed by atoms with van der Waals surface area (Å²) in [4.78, 5) is 13.4. The number of amides is 1. The zero-order valence-corrected chi connectivity index (χ0v) is 9.71. The first kappa shape index (κ1) is 11.0. The molecule has 2 atom stereocenters. The quantitative estimate of drug-likeness (QED) is 0.693. The van der Waals surface area contributed by atoms with Crippen LogP contribution in [0.15, 0.2) is 0 Å². The average molecular weight is 250 g/mol. The van der Waals surface area contributed by atoms with Crippen molar-refractivity contribution >= 4 is 21.8 Å². The van der Waals surface area contributed by atoms with E-state index in [2.05, 4.69) is 15.9 Å². The molecule has 0 saturated carbocycles. The summed E-state index contributed by atoms with van der Waals surface area (Å²) in [5.74, 6) is 0.224. The van der Waals surface area contributed by atoms with Crippen molar-refractivity contribution in [2.75, 3.05) is 18.5 Å². The lowest BCUT2D eigenvalue weighted by Crippen LogP contribution is -2.51. The number of halogens is 1. The van der Waals surface area contributed by atoms with E-state index in [-0.39, 0.29) is 18.1 Å². The van der Waals surface area contributed by atoms with Gasteiger partial charge in [0.1, 0.15) is 0 Å². The standard InChI is InChI=1S/C9H16BrNO2/c1-3-9(12)11-5-8(4-10)13-6-7(11)2/h7-8H,3-6H2,1-2H3. The van der Waals surface area contributed by atoms with Gasteiger partial charge >= 0.3 is 0 Å². The van der Waals surface area contributed by atoms with E-state index in [1.807, 2.05) is 18.7 Å². The molecule has 1 saturated heterocycles. The molecule has 0 bridgehead atoms. The first-order valence-electron chi connectivity index (χ1n) is 4.66. The summed E-state index contributed by atoms with van der Waals surface area (Å²) >= 11 is 3.37. The zero-order chi connectivity index (χ0) is 9.84. The van der Waals surface area contributed by atoms with Crippen molar-refractivity contribution in [2.45, 2.75) is 32.4 Å². The molecule has 76 valence electrons. The Hall–Kier alpha value is -0.0900. The lowest BCUT2D eigenvalue weighted by molar-refractivity contribution is -0.142. The molecule has 0 aromatic heterocycles. The van der Waals surface area contributed by atoms with Gasteiger partial charge in [-0.05, 0) is 6.92 Å². The number of hydrogen-bond donors (Lipinski definition) is 0. The maximum absolute atomic E-state index is 11.5. The summed E-state index contributed by atoms with van der Waals surface area (Å²) in [5, 5.41) is 0.799. The topological polar surface area (TPSA) is 29.5 Å². The van der Waals surface area contributed by atoms with Gasteiger partial charge in [-0.3, -0.25) is 4.79 Å². The number of ether oxygens (including phenoxy) is 1. The lowest BCUT2D eigenvalue weighted by Gasteiger charge is -2.37. The van der Waals surface area contributed by atoms with Crippen LogP contribution in [-0.4, -0.2) is 41.4 Å². The highest BCUT2D eigenvalue weighted by Gasteiger charge is 2.27. The van der Waals surface area contributed by atoms with E-state index in [4.69, 9.17) is 4.74 Å². The molecule has 0 N–H and O–H groups in total. The van der Waals surface area contributed by atoms with Crippen LogP contribution < -0.4 is 0 Å². The molecule has 2 unspecified atom stereocenters. The Morgan fingerprint density at radius 2 is 2.38 bits per heavy atom. The zero-order valence-electron chi connectivity index (χ0n) is 8.12. The SMILES string of the molecule is CCC(=O)N1CC(CBr)OCC1C. The highest BCUT2D eigenvalue weighted by molar-refractivity contribution is 9.09. The van der Waals surface area contributed by atoms with Crippen LogP contribution in [0, 0.1) is 0 Å². The molecule has 1 aliphatic rings. The largest absolute Gasteiger partial charge is 0.373 e. The number of carbonyl (C=O) groups is 1. The van der Waals surface area contributed by atoms with Crippen molar-refractivity contribution in [3.8, 4) is 0 Å². The molecule has 1 aliphatic heterocycles. The predicted molar refractivity (Wildman–Crippen MR) is 55.0 cm³/mol. The van der Waals surface area contributed by atoms with E-state index in [9.17, 15) is 4.79 Å². The average Bonchev–Trinajstić information content (AvgIpc) is 2.17. The molecule has 4 heteroatoms. The molecule has 0 spiro atoms. The van der Waals surface area contributed by atoms with Crippen LogP contribution in [0.1, 0.15) is 20.3 Å². The Bertz CT molecular complexity index is 186. The minimum atomic E-state index is 0.159. The fraction of sp³-hybridized carbons (Fsp3) is 0.889. The molecule has 0 aromatic carbocycles. The molecular weight excluding hydrogens is 234 g/mol. The van der Waals surface area contributed by atoms with E-state index in [0.717, 1.165) is 11.9 Å². The minimum absolute atomic E-state index is 0.159. The molecule has 0 aromatic rings. The van der Waals surface area contributed by atoms with Crippen molar-refractivity contribution in [3.05, 3.63) is 0 Å². The second-order valence-corrected chi connectivity index (χ2v) is 4.01. The number of hydrogen-bond acceptors (Lipinski definition) is 2. The highest BCUT2D eigenvalue weighted by atomic mass is 79.9. The van der Waals surface area contributed by atoms with Crippen LogP contribution in [0.4, 0.5) is 0 Å². The molecule has 13 heavy (non-hydrogen) atoms. The van der Waals surface area contributed by atoms with E-state index in [0.29, 0.717) is 13.0 Å². The molecule has 1 amide bonds. The van der Waals surface area contributed by atoms with Crippen molar-refractivity contribution in [1.29, 1.82) is 0 Å². The maximum Gasteiger partial charge on any atom is 0.222 e. The van der Waals surface area contributed by atoms with Gasteiger partial charge in [-0.15, -0.1) is 0 Å². The van der Waals surface area contributed by atoms with Crippen molar-refractivity contribution in [1.82, 2.24) is 4.90 Å². The molecule has 0 radical (unpaired) electrons. The first-order chi connectivity index (χ1) is 6.19. The van der Waals surface area contributed by atoms with Crippen LogP contribution in [0.5, 0.6) is 0 Å². The summed E-state index contributed by atoms with van der Waals surface area (Å²) in [6.07, 6.45) is 0.742. The molecule has 1 heterocycles. The van der Waals surface area contributed by atoms with Crippen LogP contribution in [0.3, 0.4) is 0 Å². The summed E-state index contributed by atoms with van der Waals surface area (Å²) in [7, 11) is 0. The number of rotatable bonds is 2. The fourth-order valence-electron chi connectivity index (χ4n) is 1.46. The Morgan fingerprint density at radius 1 is 1.69 bits per heavy atom. The summed E-state index contributed by atoms with van der Waals surface area (Å²) in [6, 6.07) is 0.225. The predicted octanol–water partition coefficient (Wildman–Crippen LogP) is 1.41. The third kappa shape index (κ3) is 2.68. The Balaban J connectivity index is 2.54. The maximum atomic E-state index is 11.5. The van der Waals surface area contributed by atoms with E-state index >= 15 is 0 Å². The van der Waals surface area contributed by atoms with Gasteiger partial charge in [0.05, 0.1) is 18.8 Å². The normalized spacial score (nSPS) is 29.0. The molecular formula is C9H16BrNO2. The first-order valence-corrected chi connectivity index (χ1v) is 5.78. The van der Waals surface area contributed by atoms with E-state index < -0.39 is 0 Å². The molecule has 0 aliphatic carbocycles. The lowest BCUT2D eigenvalue weighted by atomic mass is 10.2. The summed E-state index contributed by atoms with van der Waals surface area (Å²) in [5.41, 5.74) is 0. The second kappa shape index (κ2) is 4.96. The van der Waals surface area contributed by atoms with Gasteiger partial charge in [0.15, 0.2) is 0 Å².